The van der Waals surface area contributed by atoms with Gasteiger partial charge >= 0.3 is 5.97 Å². The van der Waals surface area contributed by atoms with Crippen LogP contribution in [0, 0.1) is 0 Å². The normalized spacial score (nSPS) is 15.8. The monoisotopic (exact) mass is 302 g/mol. The van der Waals surface area contributed by atoms with E-state index in [1.165, 1.54) is 11.1 Å². The average molecular weight is 302 g/mol. The minimum atomic E-state index is -0.976. The molecule has 5 nitrogen and oxygen atoms in total. The van der Waals surface area contributed by atoms with E-state index in [0.29, 0.717) is 6.42 Å². The first-order valence-corrected chi connectivity index (χ1v) is 7.61. The predicted octanol–water partition coefficient (Wildman–Crippen LogP) is 2.30. The lowest BCUT2D eigenvalue weighted by Crippen LogP contribution is -2.31. The summed E-state index contributed by atoms with van der Waals surface area (Å²) in [4.78, 5) is 22.7. The second kappa shape index (κ2) is 7.75. The number of hydrogen-bond acceptors (Lipinski definition) is 4. The molecule has 0 spiro atoms. The lowest BCUT2D eigenvalue weighted by Gasteiger charge is -2.18. The first kappa shape index (κ1) is 16.2. The number of aliphatic carboxylic acids is 1. The molecule has 0 aromatic heterocycles. The zero-order valence-electron chi connectivity index (χ0n) is 12.8. The quantitative estimate of drug-likeness (QED) is 0.720. The summed E-state index contributed by atoms with van der Waals surface area (Å²) in [5.41, 5.74) is 3.26. The van der Waals surface area contributed by atoms with Crippen LogP contribution in [0.1, 0.15) is 31.7 Å². The third-order valence-electron chi connectivity index (χ3n) is 3.78. The fraction of sp³-hybridized carbons (Fsp3) is 0.412. The Labute approximate surface area is 130 Å². The van der Waals surface area contributed by atoms with E-state index >= 15 is 0 Å². The van der Waals surface area contributed by atoms with Crippen molar-refractivity contribution in [2.45, 2.75) is 32.2 Å². The van der Waals surface area contributed by atoms with Crippen LogP contribution in [-0.2, 0) is 9.59 Å². The Balaban J connectivity index is 2.06. The lowest BCUT2D eigenvalue weighted by molar-refractivity contribution is -0.138. The maximum Gasteiger partial charge on any atom is 0.305 e. The summed E-state index contributed by atoms with van der Waals surface area (Å²) in [5, 5.41) is 15.2. The standard InChI is InChI=1S/C17H22N2O3/c1-2-16(20)15(11-17(21)22)19-14-5-3-12(4-6-14)13-7-9-18-10-8-13/h3-7,15,18-19H,2,8-11H2,1H3,(H,21,22). The summed E-state index contributed by atoms with van der Waals surface area (Å²) in [7, 11) is 0. The molecule has 1 atom stereocenters. The van der Waals surface area contributed by atoms with E-state index in [2.05, 4.69) is 16.7 Å². The number of carbonyl (C=O) groups excluding carboxylic acids is 1. The highest BCUT2D eigenvalue weighted by Gasteiger charge is 2.19. The lowest BCUT2D eigenvalue weighted by atomic mass is 10.00. The highest BCUT2D eigenvalue weighted by atomic mass is 16.4. The van der Waals surface area contributed by atoms with Gasteiger partial charge in [-0.1, -0.05) is 25.1 Å². The van der Waals surface area contributed by atoms with Gasteiger partial charge in [0.2, 0.25) is 0 Å². The van der Waals surface area contributed by atoms with Crippen LogP contribution in [0.5, 0.6) is 0 Å². The molecule has 22 heavy (non-hydrogen) atoms. The Morgan fingerprint density at radius 1 is 1.32 bits per heavy atom. The summed E-state index contributed by atoms with van der Waals surface area (Å²) >= 11 is 0. The maximum atomic E-state index is 11.8. The van der Waals surface area contributed by atoms with Gasteiger partial charge in [-0.3, -0.25) is 9.59 Å². The number of carboxylic acid groups (broad SMARTS) is 1. The molecule has 1 unspecified atom stereocenters. The number of carboxylic acids is 1. The highest BCUT2D eigenvalue weighted by Crippen LogP contribution is 2.22. The molecule has 1 aromatic carbocycles. The zero-order chi connectivity index (χ0) is 15.9. The summed E-state index contributed by atoms with van der Waals surface area (Å²) < 4.78 is 0. The van der Waals surface area contributed by atoms with Gasteiger partial charge in [0, 0.05) is 18.7 Å². The van der Waals surface area contributed by atoms with Gasteiger partial charge < -0.3 is 15.7 Å². The van der Waals surface area contributed by atoms with Crippen LogP contribution >= 0.6 is 0 Å². The Bertz CT molecular complexity index is 564. The van der Waals surface area contributed by atoms with Crippen molar-refractivity contribution in [1.29, 1.82) is 0 Å². The van der Waals surface area contributed by atoms with Crippen LogP contribution in [0.3, 0.4) is 0 Å². The molecule has 0 aliphatic carbocycles. The summed E-state index contributed by atoms with van der Waals surface area (Å²) in [5.74, 6) is -1.07. The molecule has 1 aromatic rings. The highest BCUT2D eigenvalue weighted by molar-refractivity contribution is 5.90. The molecule has 0 bridgehead atoms. The van der Waals surface area contributed by atoms with E-state index in [1.54, 1.807) is 6.92 Å². The minimum absolute atomic E-state index is 0.0902. The molecule has 0 radical (unpaired) electrons. The molecule has 1 aliphatic rings. The van der Waals surface area contributed by atoms with Gasteiger partial charge in [-0.15, -0.1) is 0 Å². The smallest absolute Gasteiger partial charge is 0.305 e. The number of benzene rings is 1. The molecular weight excluding hydrogens is 280 g/mol. The SMILES string of the molecule is CCC(=O)C(CC(=O)O)Nc1ccc(C2=CCNCC2)cc1. The van der Waals surface area contributed by atoms with Gasteiger partial charge in [0.25, 0.3) is 0 Å². The number of Topliss-reactive ketones (excluding diaryl/α,β-unsaturated/α-hetero) is 1. The van der Waals surface area contributed by atoms with Gasteiger partial charge in [-0.25, -0.2) is 0 Å². The van der Waals surface area contributed by atoms with E-state index in [1.807, 2.05) is 24.3 Å². The molecule has 1 aliphatic heterocycles. The van der Waals surface area contributed by atoms with Crippen LogP contribution in [0.15, 0.2) is 30.3 Å². The third-order valence-corrected chi connectivity index (χ3v) is 3.78. The van der Waals surface area contributed by atoms with E-state index in [9.17, 15) is 9.59 Å². The minimum Gasteiger partial charge on any atom is -0.481 e. The molecule has 0 saturated heterocycles. The fourth-order valence-corrected chi connectivity index (χ4v) is 2.53. The second-order valence-electron chi connectivity index (χ2n) is 5.38. The third kappa shape index (κ3) is 4.43. The first-order valence-electron chi connectivity index (χ1n) is 7.61. The van der Waals surface area contributed by atoms with E-state index in [0.717, 1.165) is 25.2 Å². The molecular formula is C17H22N2O3. The van der Waals surface area contributed by atoms with Crippen molar-refractivity contribution in [2.75, 3.05) is 18.4 Å². The van der Waals surface area contributed by atoms with Crippen molar-refractivity contribution in [3.63, 3.8) is 0 Å². The van der Waals surface area contributed by atoms with Crippen LogP contribution in [0.4, 0.5) is 5.69 Å². The van der Waals surface area contributed by atoms with E-state index in [-0.39, 0.29) is 12.2 Å². The summed E-state index contributed by atoms with van der Waals surface area (Å²) in [6.45, 7) is 3.62. The fourth-order valence-electron chi connectivity index (χ4n) is 2.53. The molecule has 0 amide bonds. The van der Waals surface area contributed by atoms with Crippen molar-refractivity contribution >= 4 is 23.0 Å². The second-order valence-corrected chi connectivity index (χ2v) is 5.38. The van der Waals surface area contributed by atoms with Gasteiger partial charge in [0.15, 0.2) is 5.78 Å². The van der Waals surface area contributed by atoms with Crippen LogP contribution in [-0.4, -0.2) is 36.0 Å². The van der Waals surface area contributed by atoms with Crippen molar-refractivity contribution in [2.24, 2.45) is 0 Å². The average Bonchev–Trinajstić information content (AvgIpc) is 2.54. The van der Waals surface area contributed by atoms with Crippen molar-refractivity contribution in [3.8, 4) is 0 Å². The molecule has 0 saturated carbocycles. The molecule has 5 heteroatoms. The van der Waals surface area contributed by atoms with Crippen LogP contribution in [0.25, 0.3) is 5.57 Å². The number of anilines is 1. The van der Waals surface area contributed by atoms with Crippen molar-refractivity contribution < 1.29 is 14.7 Å². The molecule has 118 valence electrons. The van der Waals surface area contributed by atoms with Crippen molar-refractivity contribution in [1.82, 2.24) is 5.32 Å². The number of ketones is 1. The number of rotatable bonds is 7. The number of hydrogen-bond donors (Lipinski definition) is 3. The van der Waals surface area contributed by atoms with E-state index in [4.69, 9.17) is 5.11 Å². The van der Waals surface area contributed by atoms with Gasteiger partial charge in [-0.05, 0) is 36.2 Å². The topological polar surface area (TPSA) is 78.4 Å². The van der Waals surface area contributed by atoms with Crippen LogP contribution in [0.2, 0.25) is 0 Å². The largest absolute Gasteiger partial charge is 0.481 e. The van der Waals surface area contributed by atoms with E-state index < -0.39 is 12.0 Å². The Morgan fingerprint density at radius 2 is 2.05 bits per heavy atom. The number of nitrogens with one attached hydrogen (secondary N) is 2. The molecule has 0 fully saturated rings. The Kier molecular flexibility index (Phi) is 5.72. The molecule has 2 rings (SSSR count). The van der Waals surface area contributed by atoms with Gasteiger partial charge in [0.1, 0.15) is 0 Å². The zero-order valence-corrected chi connectivity index (χ0v) is 12.8. The Morgan fingerprint density at radius 3 is 2.59 bits per heavy atom. The maximum absolute atomic E-state index is 11.8. The van der Waals surface area contributed by atoms with Gasteiger partial charge in [-0.2, -0.15) is 0 Å². The molecule has 3 N–H and O–H groups in total. The molecule has 1 heterocycles. The van der Waals surface area contributed by atoms with Crippen molar-refractivity contribution in [3.05, 3.63) is 35.9 Å². The summed E-state index contributed by atoms with van der Waals surface area (Å²) in [6, 6.07) is 7.14. The first-order chi connectivity index (χ1) is 10.6. The Hall–Kier alpha value is -2.14. The van der Waals surface area contributed by atoms with Crippen LogP contribution < -0.4 is 10.6 Å². The van der Waals surface area contributed by atoms with Gasteiger partial charge in [0.05, 0.1) is 12.5 Å². The summed E-state index contributed by atoms with van der Waals surface area (Å²) in [6.07, 6.45) is 3.30. The predicted molar refractivity (Wildman–Crippen MR) is 86.9 cm³/mol. The number of carbonyl (C=O) groups is 2.